The fraction of sp³-hybridized carbons (Fsp3) is 0.467. The topological polar surface area (TPSA) is 64.3 Å². The fourth-order valence-corrected chi connectivity index (χ4v) is 2.96. The highest BCUT2D eigenvalue weighted by Crippen LogP contribution is 2.27. The van der Waals surface area contributed by atoms with E-state index in [0.29, 0.717) is 23.2 Å². The Bertz CT molecular complexity index is 533. The maximum atomic E-state index is 11.0. The second kappa shape index (κ2) is 6.74. The number of aliphatic carboxylic acids is 1. The van der Waals surface area contributed by atoms with Crippen molar-refractivity contribution in [2.75, 3.05) is 6.54 Å². The minimum Gasteiger partial charge on any atom is -0.480 e. The smallest absolute Gasteiger partial charge is 0.317 e. The van der Waals surface area contributed by atoms with Gasteiger partial charge in [0.05, 0.1) is 18.2 Å². The highest BCUT2D eigenvalue weighted by molar-refractivity contribution is 6.31. The minimum atomic E-state index is -0.818. The molecule has 0 saturated heterocycles. The molecule has 1 aliphatic rings. The molecule has 0 aromatic heterocycles. The number of nitriles is 1. The number of carboxylic acids is 1. The van der Waals surface area contributed by atoms with Crippen LogP contribution in [0.5, 0.6) is 0 Å². The van der Waals surface area contributed by atoms with E-state index in [1.165, 1.54) is 0 Å². The Hall–Kier alpha value is -1.57. The molecule has 1 aromatic carbocycles. The monoisotopic (exact) mass is 292 g/mol. The standard InChI is InChI=1S/C15H17ClN2O2/c16-14-7-11(8-17)5-6-12(14)9-18(10-15(19)20)13-3-1-2-4-13/h5-7,13H,1-4,9-10H2,(H,19,20). The number of halogens is 1. The van der Waals surface area contributed by atoms with Gasteiger partial charge in [-0.3, -0.25) is 9.69 Å². The van der Waals surface area contributed by atoms with Gasteiger partial charge < -0.3 is 5.11 Å². The molecule has 0 unspecified atom stereocenters. The molecular formula is C15H17ClN2O2. The quantitative estimate of drug-likeness (QED) is 0.906. The van der Waals surface area contributed by atoms with Crippen LogP contribution in [0.2, 0.25) is 5.02 Å². The van der Waals surface area contributed by atoms with Crippen LogP contribution in [0.4, 0.5) is 0 Å². The van der Waals surface area contributed by atoms with E-state index in [4.69, 9.17) is 22.0 Å². The van der Waals surface area contributed by atoms with Gasteiger partial charge in [0.25, 0.3) is 0 Å². The summed E-state index contributed by atoms with van der Waals surface area (Å²) in [6.07, 6.45) is 4.39. The molecule has 106 valence electrons. The maximum Gasteiger partial charge on any atom is 0.317 e. The first-order valence-electron chi connectivity index (χ1n) is 6.74. The van der Waals surface area contributed by atoms with Crippen molar-refractivity contribution in [2.24, 2.45) is 0 Å². The van der Waals surface area contributed by atoms with Crippen LogP contribution in [-0.2, 0) is 11.3 Å². The van der Waals surface area contributed by atoms with Crippen LogP contribution in [-0.4, -0.2) is 28.6 Å². The average molecular weight is 293 g/mol. The first-order chi connectivity index (χ1) is 9.60. The lowest BCUT2D eigenvalue weighted by Gasteiger charge is -2.27. The van der Waals surface area contributed by atoms with Gasteiger partial charge in [-0.05, 0) is 30.5 Å². The third-order valence-electron chi connectivity index (χ3n) is 3.74. The van der Waals surface area contributed by atoms with Gasteiger partial charge in [-0.25, -0.2) is 0 Å². The van der Waals surface area contributed by atoms with Gasteiger partial charge in [0.15, 0.2) is 0 Å². The molecule has 1 aromatic rings. The summed E-state index contributed by atoms with van der Waals surface area (Å²) in [6.45, 7) is 0.544. The van der Waals surface area contributed by atoms with Crippen molar-refractivity contribution < 1.29 is 9.90 Å². The normalized spacial score (nSPS) is 15.4. The fourth-order valence-electron chi connectivity index (χ4n) is 2.72. The van der Waals surface area contributed by atoms with Gasteiger partial charge in [0, 0.05) is 17.6 Å². The zero-order valence-corrected chi connectivity index (χ0v) is 11.9. The predicted octanol–water partition coefficient (Wildman–Crippen LogP) is 3.04. The third kappa shape index (κ3) is 3.72. The van der Waals surface area contributed by atoms with Crippen LogP contribution in [0, 0.1) is 11.3 Å². The molecule has 0 radical (unpaired) electrons. The van der Waals surface area contributed by atoms with Crippen LogP contribution in [0.1, 0.15) is 36.8 Å². The Morgan fingerprint density at radius 2 is 2.15 bits per heavy atom. The summed E-state index contributed by atoms with van der Waals surface area (Å²) in [5, 5.41) is 18.4. The SMILES string of the molecule is N#Cc1ccc(CN(CC(=O)O)C2CCCC2)c(Cl)c1. The Morgan fingerprint density at radius 1 is 1.45 bits per heavy atom. The predicted molar refractivity (Wildman–Crippen MR) is 76.5 cm³/mol. The number of hydrogen-bond donors (Lipinski definition) is 1. The summed E-state index contributed by atoms with van der Waals surface area (Å²) >= 11 is 6.17. The van der Waals surface area contributed by atoms with E-state index in [9.17, 15) is 4.79 Å². The molecule has 1 fully saturated rings. The molecule has 20 heavy (non-hydrogen) atoms. The zero-order chi connectivity index (χ0) is 14.5. The van der Waals surface area contributed by atoms with Crippen molar-refractivity contribution in [2.45, 2.75) is 38.3 Å². The molecule has 5 heteroatoms. The van der Waals surface area contributed by atoms with E-state index in [-0.39, 0.29) is 6.54 Å². The van der Waals surface area contributed by atoms with Crippen molar-refractivity contribution in [3.8, 4) is 6.07 Å². The van der Waals surface area contributed by atoms with Gasteiger partial charge in [0.2, 0.25) is 0 Å². The lowest BCUT2D eigenvalue weighted by atomic mass is 10.1. The summed E-state index contributed by atoms with van der Waals surface area (Å²) in [7, 11) is 0. The third-order valence-corrected chi connectivity index (χ3v) is 4.09. The van der Waals surface area contributed by atoms with E-state index in [1.54, 1.807) is 12.1 Å². The van der Waals surface area contributed by atoms with Crippen molar-refractivity contribution in [1.29, 1.82) is 5.26 Å². The summed E-state index contributed by atoms with van der Waals surface area (Å²) in [5.41, 5.74) is 1.39. The molecule has 2 rings (SSSR count). The van der Waals surface area contributed by atoms with E-state index in [1.807, 2.05) is 17.0 Å². The Balaban J connectivity index is 2.14. The Kier molecular flexibility index (Phi) is 4.99. The van der Waals surface area contributed by atoms with E-state index >= 15 is 0 Å². The Morgan fingerprint density at radius 3 is 2.70 bits per heavy atom. The molecule has 0 heterocycles. The highest BCUT2D eigenvalue weighted by atomic mass is 35.5. The second-order valence-corrected chi connectivity index (χ2v) is 5.56. The summed E-state index contributed by atoms with van der Waals surface area (Å²) < 4.78 is 0. The number of rotatable bonds is 5. The van der Waals surface area contributed by atoms with E-state index in [0.717, 1.165) is 31.2 Å². The maximum absolute atomic E-state index is 11.0. The minimum absolute atomic E-state index is 0.0288. The first-order valence-corrected chi connectivity index (χ1v) is 7.12. The number of hydrogen-bond acceptors (Lipinski definition) is 3. The lowest BCUT2D eigenvalue weighted by molar-refractivity contribution is -0.139. The molecule has 4 nitrogen and oxygen atoms in total. The summed E-state index contributed by atoms with van der Waals surface area (Å²) in [4.78, 5) is 13.0. The van der Waals surface area contributed by atoms with Gasteiger partial charge in [-0.2, -0.15) is 5.26 Å². The average Bonchev–Trinajstić information content (AvgIpc) is 2.93. The molecule has 1 aliphatic carbocycles. The van der Waals surface area contributed by atoms with Crippen LogP contribution in [0.25, 0.3) is 0 Å². The van der Waals surface area contributed by atoms with Gasteiger partial charge in [-0.1, -0.05) is 30.5 Å². The number of carbonyl (C=O) groups is 1. The molecular weight excluding hydrogens is 276 g/mol. The van der Waals surface area contributed by atoms with Crippen molar-refractivity contribution >= 4 is 17.6 Å². The number of benzene rings is 1. The lowest BCUT2D eigenvalue weighted by Crippen LogP contribution is -2.37. The molecule has 1 N–H and O–H groups in total. The van der Waals surface area contributed by atoms with Gasteiger partial charge in [-0.15, -0.1) is 0 Å². The van der Waals surface area contributed by atoms with Crippen molar-refractivity contribution in [3.05, 3.63) is 34.3 Å². The van der Waals surface area contributed by atoms with Crippen molar-refractivity contribution in [1.82, 2.24) is 4.90 Å². The second-order valence-electron chi connectivity index (χ2n) is 5.15. The first kappa shape index (κ1) is 14.8. The van der Waals surface area contributed by atoms with E-state index in [2.05, 4.69) is 0 Å². The van der Waals surface area contributed by atoms with Crippen LogP contribution >= 0.6 is 11.6 Å². The molecule has 0 amide bonds. The molecule has 0 bridgehead atoms. The van der Waals surface area contributed by atoms with Gasteiger partial charge in [0.1, 0.15) is 0 Å². The van der Waals surface area contributed by atoms with Crippen LogP contribution in [0.15, 0.2) is 18.2 Å². The molecule has 0 atom stereocenters. The summed E-state index contributed by atoms with van der Waals surface area (Å²) in [6, 6.07) is 7.52. The molecule has 0 spiro atoms. The zero-order valence-electron chi connectivity index (χ0n) is 11.2. The number of nitrogens with zero attached hydrogens (tertiary/aromatic N) is 2. The van der Waals surface area contributed by atoms with E-state index < -0.39 is 5.97 Å². The van der Waals surface area contributed by atoms with Crippen molar-refractivity contribution in [3.63, 3.8) is 0 Å². The largest absolute Gasteiger partial charge is 0.480 e. The van der Waals surface area contributed by atoms with Gasteiger partial charge >= 0.3 is 5.97 Å². The molecule has 0 aliphatic heterocycles. The summed E-state index contributed by atoms with van der Waals surface area (Å²) in [5.74, 6) is -0.818. The highest BCUT2D eigenvalue weighted by Gasteiger charge is 2.24. The van der Waals surface area contributed by atoms with Crippen LogP contribution in [0.3, 0.4) is 0 Å². The number of carboxylic acid groups (broad SMARTS) is 1. The molecule has 1 saturated carbocycles. The Labute approximate surface area is 123 Å². The van der Waals surface area contributed by atoms with Crippen LogP contribution < -0.4 is 0 Å².